The van der Waals surface area contributed by atoms with Crippen LogP contribution in [0.4, 0.5) is 19.0 Å². The van der Waals surface area contributed by atoms with Gasteiger partial charge in [0.25, 0.3) is 0 Å². The fourth-order valence-electron chi connectivity index (χ4n) is 3.47. The second-order valence-corrected chi connectivity index (χ2v) is 8.33. The number of fused-ring (bicyclic) bond motifs is 1. The van der Waals surface area contributed by atoms with Gasteiger partial charge in [-0.25, -0.2) is 0 Å². The lowest BCUT2D eigenvalue weighted by Crippen LogP contribution is -2.34. The van der Waals surface area contributed by atoms with Crippen LogP contribution >= 0.6 is 0 Å². The first-order valence-corrected chi connectivity index (χ1v) is 9.51. The van der Waals surface area contributed by atoms with Gasteiger partial charge in [-0.2, -0.15) is 22.8 Å². The van der Waals surface area contributed by atoms with Crippen molar-refractivity contribution < 1.29 is 13.2 Å². The Balaban J connectivity index is 1.50. The summed E-state index contributed by atoms with van der Waals surface area (Å²) in [6.07, 6.45) is -2.91. The summed E-state index contributed by atoms with van der Waals surface area (Å²) in [5.74, 6) is 1.45. The standard InChI is InChI=1S/C19H22F3N7/c1-18(2,3)13-4-7-16-25-26-17(29(16)27-13)12-8-10-28(11-9-12)15-6-5-14(23-24-15)19(20,21)22/h4-7,12H,8-11H2,1-3H3. The molecule has 0 saturated carbocycles. The molecular formula is C19H22F3N7. The fraction of sp³-hybridized carbons (Fsp3) is 0.526. The van der Waals surface area contributed by atoms with Crippen LogP contribution in [0, 0.1) is 0 Å². The Morgan fingerprint density at radius 3 is 2.14 bits per heavy atom. The molecule has 1 fully saturated rings. The van der Waals surface area contributed by atoms with E-state index < -0.39 is 11.9 Å². The first kappa shape index (κ1) is 19.5. The van der Waals surface area contributed by atoms with Gasteiger partial charge in [-0.15, -0.1) is 20.4 Å². The van der Waals surface area contributed by atoms with E-state index >= 15 is 0 Å². The summed E-state index contributed by atoms with van der Waals surface area (Å²) >= 11 is 0. The summed E-state index contributed by atoms with van der Waals surface area (Å²) in [7, 11) is 0. The monoisotopic (exact) mass is 405 g/mol. The SMILES string of the molecule is CC(C)(C)c1ccc2nnc(C3CCN(c4ccc(C(F)(F)F)nn4)CC3)n2n1. The number of hydrogen-bond acceptors (Lipinski definition) is 6. The van der Waals surface area contributed by atoms with Crippen LogP contribution in [0.25, 0.3) is 5.65 Å². The van der Waals surface area contributed by atoms with E-state index in [2.05, 4.69) is 41.2 Å². The van der Waals surface area contributed by atoms with Crippen LogP contribution in [0.1, 0.15) is 56.7 Å². The molecule has 1 saturated heterocycles. The molecule has 3 aromatic rings. The van der Waals surface area contributed by atoms with Gasteiger partial charge in [0.1, 0.15) is 0 Å². The van der Waals surface area contributed by atoms with Crippen molar-refractivity contribution in [2.75, 3.05) is 18.0 Å². The Kier molecular flexibility index (Phi) is 4.66. The van der Waals surface area contributed by atoms with E-state index in [1.165, 1.54) is 6.07 Å². The summed E-state index contributed by atoms with van der Waals surface area (Å²) < 4.78 is 39.8. The molecule has 0 N–H and O–H groups in total. The highest BCUT2D eigenvalue weighted by Crippen LogP contribution is 2.31. The van der Waals surface area contributed by atoms with Crippen molar-refractivity contribution in [1.82, 2.24) is 30.0 Å². The highest BCUT2D eigenvalue weighted by atomic mass is 19.4. The maximum absolute atomic E-state index is 12.7. The highest BCUT2D eigenvalue weighted by molar-refractivity contribution is 5.40. The zero-order valence-corrected chi connectivity index (χ0v) is 16.5. The minimum absolute atomic E-state index is 0.0830. The molecule has 154 valence electrons. The number of halogens is 3. The van der Waals surface area contributed by atoms with Crippen LogP contribution < -0.4 is 4.90 Å². The number of hydrogen-bond donors (Lipinski definition) is 0. The maximum Gasteiger partial charge on any atom is 0.435 e. The molecule has 0 unspecified atom stereocenters. The van der Waals surface area contributed by atoms with Gasteiger partial charge in [-0.3, -0.25) is 0 Å². The average molecular weight is 405 g/mol. The Labute approximate surface area is 166 Å². The molecule has 7 nitrogen and oxygen atoms in total. The predicted molar refractivity (Wildman–Crippen MR) is 101 cm³/mol. The number of aromatic nitrogens is 6. The van der Waals surface area contributed by atoms with Gasteiger partial charge in [0.2, 0.25) is 0 Å². The van der Waals surface area contributed by atoms with Gasteiger partial charge in [-0.1, -0.05) is 20.8 Å². The molecule has 0 aromatic carbocycles. The normalized spacial score (nSPS) is 16.6. The number of piperidine rings is 1. The van der Waals surface area contributed by atoms with E-state index in [-0.39, 0.29) is 11.3 Å². The van der Waals surface area contributed by atoms with E-state index in [0.29, 0.717) is 24.6 Å². The van der Waals surface area contributed by atoms with Crippen molar-refractivity contribution in [1.29, 1.82) is 0 Å². The van der Waals surface area contributed by atoms with Crippen LogP contribution in [0.3, 0.4) is 0 Å². The van der Waals surface area contributed by atoms with E-state index in [1.54, 1.807) is 0 Å². The van der Waals surface area contributed by atoms with Crippen LogP contribution in [0.2, 0.25) is 0 Å². The zero-order chi connectivity index (χ0) is 20.8. The molecule has 3 aromatic heterocycles. The second-order valence-electron chi connectivity index (χ2n) is 8.33. The Morgan fingerprint density at radius 2 is 1.55 bits per heavy atom. The third-order valence-electron chi connectivity index (χ3n) is 5.18. The number of alkyl halides is 3. The minimum atomic E-state index is -4.48. The number of rotatable bonds is 2. The summed E-state index contributed by atoms with van der Waals surface area (Å²) in [5, 5.41) is 20.4. The summed E-state index contributed by atoms with van der Waals surface area (Å²) in [4.78, 5) is 1.95. The van der Waals surface area contributed by atoms with Crippen molar-refractivity contribution in [3.8, 4) is 0 Å². The van der Waals surface area contributed by atoms with Gasteiger partial charge < -0.3 is 4.90 Å². The lowest BCUT2D eigenvalue weighted by atomic mass is 9.92. The fourth-order valence-corrected chi connectivity index (χ4v) is 3.47. The van der Waals surface area contributed by atoms with Gasteiger partial charge in [0.15, 0.2) is 23.0 Å². The molecule has 0 atom stereocenters. The van der Waals surface area contributed by atoms with Crippen molar-refractivity contribution >= 4 is 11.5 Å². The van der Waals surface area contributed by atoms with E-state index in [1.807, 2.05) is 21.5 Å². The van der Waals surface area contributed by atoms with Crippen molar-refractivity contribution in [3.63, 3.8) is 0 Å². The molecule has 1 aliphatic heterocycles. The lowest BCUT2D eigenvalue weighted by molar-refractivity contribution is -0.141. The van der Waals surface area contributed by atoms with Crippen LogP contribution in [0.5, 0.6) is 0 Å². The Hall–Kier alpha value is -2.78. The van der Waals surface area contributed by atoms with E-state index in [9.17, 15) is 13.2 Å². The molecular weight excluding hydrogens is 383 g/mol. The summed E-state index contributed by atoms with van der Waals surface area (Å²) in [5.41, 5.74) is 0.611. The van der Waals surface area contributed by atoms with Crippen molar-refractivity contribution in [3.05, 3.63) is 41.5 Å². The molecule has 29 heavy (non-hydrogen) atoms. The van der Waals surface area contributed by atoms with Gasteiger partial charge in [-0.05, 0) is 37.1 Å². The molecule has 0 aliphatic carbocycles. The summed E-state index contributed by atoms with van der Waals surface area (Å²) in [6, 6.07) is 6.24. The number of nitrogens with zero attached hydrogens (tertiary/aromatic N) is 7. The zero-order valence-electron chi connectivity index (χ0n) is 16.5. The summed E-state index contributed by atoms with van der Waals surface area (Å²) in [6.45, 7) is 7.62. The predicted octanol–water partition coefficient (Wildman–Crippen LogP) is 3.61. The van der Waals surface area contributed by atoms with Crippen LogP contribution in [-0.2, 0) is 11.6 Å². The first-order chi connectivity index (χ1) is 13.6. The smallest absolute Gasteiger partial charge is 0.355 e. The third-order valence-corrected chi connectivity index (χ3v) is 5.18. The Bertz CT molecular complexity index is 997. The van der Waals surface area contributed by atoms with Gasteiger partial charge in [0.05, 0.1) is 5.69 Å². The van der Waals surface area contributed by atoms with Crippen LogP contribution in [-0.4, -0.2) is 43.1 Å². The van der Waals surface area contributed by atoms with E-state index in [0.717, 1.165) is 30.4 Å². The molecule has 0 bridgehead atoms. The molecule has 1 aliphatic rings. The quantitative estimate of drug-likeness (QED) is 0.649. The van der Waals surface area contributed by atoms with Crippen molar-refractivity contribution in [2.24, 2.45) is 0 Å². The van der Waals surface area contributed by atoms with Gasteiger partial charge in [0, 0.05) is 24.4 Å². The first-order valence-electron chi connectivity index (χ1n) is 9.51. The maximum atomic E-state index is 12.7. The largest absolute Gasteiger partial charge is 0.435 e. The molecule has 0 spiro atoms. The van der Waals surface area contributed by atoms with Gasteiger partial charge >= 0.3 is 6.18 Å². The average Bonchev–Trinajstić information content (AvgIpc) is 3.10. The second kappa shape index (κ2) is 6.93. The molecule has 10 heteroatoms. The molecule has 4 heterocycles. The highest BCUT2D eigenvalue weighted by Gasteiger charge is 2.33. The third kappa shape index (κ3) is 3.88. The Morgan fingerprint density at radius 1 is 0.862 bits per heavy atom. The molecule has 4 rings (SSSR count). The minimum Gasteiger partial charge on any atom is -0.355 e. The lowest BCUT2D eigenvalue weighted by Gasteiger charge is -2.31. The number of anilines is 1. The van der Waals surface area contributed by atoms with Crippen LogP contribution in [0.15, 0.2) is 24.3 Å². The molecule has 0 radical (unpaired) electrons. The topological polar surface area (TPSA) is 72.1 Å². The van der Waals surface area contributed by atoms with E-state index in [4.69, 9.17) is 5.10 Å². The van der Waals surface area contributed by atoms with Crippen molar-refractivity contribution in [2.45, 2.75) is 51.1 Å². The molecule has 0 amide bonds.